The molecule has 0 spiro atoms. The molecule has 0 radical (unpaired) electrons. The summed E-state index contributed by atoms with van der Waals surface area (Å²) in [5, 5.41) is 20.9. The largest absolute Gasteiger partial charge is 0.364 e. The van der Waals surface area contributed by atoms with Crippen LogP contribution in [-0.2, 0) is 6.54 Å². The average molecular weight is 249 g/mol. The lowest BCUT2D eigenvalue weighted by atomic mass is 10.2. The van der Waals surface area contributed by atoms with Crippen LogP contribution in [0.5, 0.6) is 0 Å². The number of anilines is 1. The fraction of sp³-hybridized carbons (Fsp3) is 0.143. The highest BCUT2D eigenvalue weighted by molar-refractivity contribution is 5.47. The zero-order valence-electron chi connectivity index (χ0n) is 10.4. The van der Waals surface area contributed by atoms with Gasteiger partial charge in [0.05, 0.1) is 5.69 Å². The van der Waals surface area contributed by atoms with Crippen molar-refractivity contribution in [2.75, 3.05) is 5.32 Å². The van der Waals surface area contributed by atoms with Crippen LogP contribution in [0.1, 0.15) is 22.6 Å². The Hall–Kier alpha value is -2.92. The summed E-state index contributed by atoms with van der Waals surface area (Å²) < 4.78 is 0. The highest BCUT2D eigenvalue weighted by Gasteiger charge is 2.10. The average Bonchev–Trinajstić information content (AvgIpc) is 2.46. The van der Waals surface area contributed by atoms with Gasteiger partial charge >= 0.3 is 0 Å². The Kier molecular flexibility index (Phi) is 3.70. The molecular formula is C14H11N5. The molecule has 0 amide bonds. The van der Waals surface area contributed by atoms with E-state index in [4.69, 9.17) is 10.5 Å². The molecule has 0 aliphatic heterocycles. The summed E-state index contributed by atoms with van der Waals surface area (Å²) in [4.78, 5) is 8.19. The summed E-state index contributed by atoms with van der Waals surface area (Å²) in [6.45, 7) is 2.34. The molecule has 0 aliphatic rings. The second-order valence-corrected chi connectivity index (χ2v) is 3.92. The van der Waals surface area contributed by atoms with E-state index >= 15 is 0 Å². The van der Waals surface area contributed by atoms with Gasteiger partial charge in [0.15, 0.2) is 11.4 Å². The molecule has 1 aromatic heterocycles. The Morgan fingerprint density at radius 1 is 1.05 bits per heavy atom. The van der Waals surface area contributed by atoms with E-state index in [2.05, 4.69) is 15.3 Å². The minimum Gasteiger partial charge on any atom is -0.364 e. The molecule has 92 valence electrons. The Labute approximate surface area is 111 Å². The standard InChI is InChI=1S/C14H11N5/c1-10-14(17-9-11-5-3-2-4-6-11)19-13(8-16)12(7-15)18-10/h2-6H,9H2,1H3,(H,17,19). The van der Waals surface area contributed by atoms with Crippen molar-refractivity contribution in [3.8, 4) is 12.1 Å². The highest BCUT2D eigenvalue weighted by Crippen LogP contribution is 2.13. The van der Waals surface area contributed by atoms with E-state index in [-0.39, 0.29) is 11.4 Å². The van der Waals surface area contributed by atoms with E-state index in [9.17, 15) is 0 Å². The van der Waals surface area contributed by atoms with E-state index in [1.165, 1.54) is 0 Å². The van der Waals surface area contributed by atoms with Crippen LogP contribution < -0.4 is 5.32 Å². The van der Waals surface area contributed by atoms with Crippen LogP contribution in [0.15, 0.2) is 30.3 Å². The summed E-state index contributed by atoms with van der Waals surface area (Å²) in [5.74, 6) is 0.527. The lowest BCUT2D eigenvalue weighted by molar-refractivity contribution is 1.02. The van der Waals surface area contributed by atoms with Crippen molar-refractivity contribution in [1.82, 2.24) is 9.97 Å². The fourth-order valence-corrected chi connectivity index (χ4v) is 1.62. The number of benzene rings is 1. The van der Waals surface area contributed by atoms with Gasteiger partial charge in [-0.1, -0.05) is 30.3 Å². The maximum Gasteiger partial charge on any atom is 0.179 e. The van der Waals surface area contributed by atoms with Gasteiger partial charge in [0.2, 0.25) is 0 Å². The maximum atomic E-state index is 8.92. The van der Waals surface area contributed by atoms with Gasteiger partial charge in [-0.15, -0.1) is 0 Å². The van der Waals surface area contributed by atoms with Crippen molar-refractivity contribution >= 4 is 5.82 Å². The highest BCUT2D eigenvalue weighted by atomic mass is 15.0. The topological polar surface area (TPSA) is 85.4 Å². The molecule has 0 saturated carbocycles. The quantitative estimate of drug-likeness (QED) is 0.900. The first kappa shape index (κ1) is 12.5. The third kappa shape index (κ3) is 2.85. The van der Waals surface area contributed by atoms with Crippen molar-refractivity contribution in [1.29, 1.82) is 10.5 Å². The van der Waals surface area contributed by atoms with Crippen molar-refractivity contribution < 1.29 is 0 Å². The fourth-order valence-electron chi connectivity index (χ4n) is 1.62. The van der Waals surface area contributed by atoms with Gasteiger partial charge in [-0.25, -0.2) is 9.97 Å². The molecule has 2 aromatic rings. The van der Waals surface area contributed by atoms with Crippen molar-refractivity contribution in [2.45, 2.75) is 13.5 Å². The van der Waals surface area contributed by atoms with Gasteiger partial charge in [0.1, 0.15) is 18.0 Å². The molecule has 5 heteroatoms. The summed E-state index contributed by atoms with van der Waals surface area (Å²) in [6, 6.07) is 13.6. The van der Waals surface area contributed by atoms with Gasteiger partial charge < -0.3 is 5.32 Å². The minimum atomic E-state index is 0.0451. The third-order valence-electron chi connectivity index (χ3n) is 2.58. The number of hydrogen-bond acceptors (Lipinski definition) is 5. The van der Waals surface area contributed by atoms with Crippen LogP contribution in [-0.4, -0.2) is 9.97 Å². The van der Waals surface area contributed by atoms with Gasteiger partial charge in [0.25, 0.3) is 0 Å². The minimum absolute atomic E-state index is 0.0451. The second kappa shape index (κ2) is 5.61. The number of nitrogens with one attached hydrogen (secondary N) is 1. The first-order valence-corrected chi connectivity index (χ1v) is 5.71. The van der Waals surface area contributed by atoms with Crippen LogP contribution >= 0.6 is 0 Å². The summed E-state index contributed by atoms with van der Waals surface area (Å²) in [7, 11) is 0. The van der Waals surface area contributed by atoms with E-state index in [1.54, 1.807) is 6.92 Å². The second-order valence-electron chi connectivity index (χ2n) is 3.92. The predicted molar refractivity (Wildman–Crippen MR) is 70.0 cm³/mol. The van der Waals surface area contributed by atoms with Crippen LogP contribution in [0.4, 0.5) is 5.82 Å². The number of rotatable bonds is 3. The Morgan fingerprint density at radius 3 is 2.32 bits per heavy atom. The van der Waals surface area contributed by atoms with Crippen LogP contribution in [0.3, 0.4) is 0 Å². The molecule has 0 atom stereocenters. The molecule has 2 rings (SSSR count). The maximum absolute atomic E-state index is 8.92. The molecule has 1 aromatic carbocycles. The van der Waals surface area contributed by atoms with Gasteiger partial charge in [-0.2, -0.15) is 10.5 Å². The molecule has 19 heavy (non-hydrogen) atoms. The van der Waals surface area contributed by atoms with Crippen LogP contribution in [0.2, 0.25) is 0 Å². The SMILES string of the molecule is Cc1nc(C#N)c(C#N)nc1NCc1ccccc1. The lowest BCUT2D eigenvalue weighted by Gasteiger charge is -2.08. The molecule has 1 heterocycles. The lowest BCUT2D eigenvalue weighted by Crippen LogP contribution is -2.07. The Bertz CT molecular complexity index is 665. The van der Waals surface area contributed by atoms with Crippen molar-refractivity contribution in [3.05, 3.63) is 53.0 Å². The smallest absolute Gasteiger partial charge is 0.179 e. The van der Waals surface area contributed by atoms with Gasteiger partial charge in [-0.05, 0) is 12.5 Å². The normalized spacial score (nSPS) is 9.42. The van der Waals surface area contributed by atoms with Crippen molar-refractivity contribution in [3.63, 3.8) is 0 Å². The van der Waals surface area contributed by atoms with Crippen molar-refractivity contribution in [2.24, 2.45) is 0 Å². The monoisotopic (exact) mass is 249 g/mol. The summed E-state index contributed by atoms with van der Waals surface area (Å²) in [5.41, 5.74) is 1.81. The number of hydrogen-bond donors (Lipinski definition) is 1. The van der Waals surface area contributed by atoms with Crippen LogP contribution in [0, 0.1) is 29.6 Å². The zero-order chi connectivity index (χ0) is 13.7. The van der Waals surface area contributed by atoms with E-state index in [1.807, 2.05) is 42.5 Å². The molecule has 5 nitrogen and oxygen atoms in total. The molecule has 1 N–H and O–H groups in total. The molecule has 0 aliphatic carbocycles. The summed E-state index contributed by atoms with van der Waals surface area (Å²) >= 11 is 0. The molecule has 0 saturated heterocycles. The first-order valence-electron chi connectivity index (χ1n) is 5.71. The number of nitriles is 2. The number of nitrogens with zero attached hydrogens (tertiary/aromatic N) is 4. The van der Waals surface area contributed by atoms with E-state index < -0.39 is 0 Å². The number of aryl methyl sites for hydroxylation is 1. The van der Waals surface area contributed by atoms with E-state index in [0.717, 1.165) is 5.56 Å². The first-order chi connectivity index (χ1) is 9.24. The molecule has 0 fully saturated rings. The molecule has 0 unspecified atom stereocenters. The van der Waals surface area contributed by atoms with E-state index in [0.29, 0.717) is 18.1 Å². The molecule has 0 bridgehead atoms. The molecular weight excluding hydrogens is 238 g/mol. The summed E-state index contributed by atoms with van der Waals surface area (Å²) in [6.07, 6.45) is 0. The third-order valence-corrected chi connectivity index (χ3v) is 2.58. The number of aromatic nitrogens is 2. The predicted octanol–water partition coefficient (Wildman–Crippen LogP) is 2.14. The Morgan fingerprint density at radius 2 is 1.68 bits per heavy atom. The van der Waals surface area contributed by atoms with Gasteiger partial charge in [-0.3, -0.25) is 0 Å². The Balaban J connectivity index is 2.22. The zero-order valence-corrected chi connectivity index (χ0v) is 10.4. The van der Waals surface area contributed by atoms with Gasteiger partial charge in [0, 0.05) is 6.54 Å². The van der Waals surface area contributed by atoms with Crippen LogP contribution in [0.25, 0.3) is 0 Å².